The molecule has 0 unspecified atom stereocenters. The van der Waals surface area contributed by atoms with E-state index in [1.165, 1.54) is 18.2 Å². The van der Waals surface area contributed by atoms with Crippen LogP contribution in [0.4, 0.5) is 5.69 Å². The zero-order chi connectivity index (χ0) is 15.0. The molecule has 0 aromatic heterocycles. The smallest absolute Gasteiger partial charge is 0.313 e. The summed E-state index contributed by atoms with van der Waals surface area (Å²) in [5.74, 6) is -1.47. The first-order valence-electron chi connectivity index (χ1n) is 6.16. The van der Waals surface area contributed by atoms with Crippen LogP contribution in [0.1, 0.15) is 13.3 Å². The Balaban J connectivity index is 2.39. The van der Waals surface area contributed by atoms with Crippen LogP contribution in [0.25, 0.3) is 0 Å². The van der Waals surface area contributed by atoms with E-state index in [2.05, 4.69) is 10.6 Å². The highest BCUT2D eigenvalue weighted by Gasteiger charge is 2.13. The topological polar surface area (TPSA) is 67.4 Å². The van der Waals surface area contributed by atoms with Crippen molar-refractivity contribution in [2.75, 3.05) is 25.1 Å². The lowest BCUT2D eigenvalue weighted by molar-refractivity contribution is -0.136. The molecule has 0 bridgehead atoms. The van der Waals surface area contributed by atoms with Gasteiger partial charge < -0.3 is 15.4 Å². The van der Waals surface area contributed by atoms with Gasteiger partial charge in [0.1, 0.15) is 0 Å². The van der Waals surface area contributed by atoms with Gasteiger partial charge in [-0.1, -0.05) is 23.2 Å². The second-order valence-electron chi connectivity index (χ2n) is 3.92. The number of carbonyl (C=O) groups excluding carboxylic acids is 2. The Morgan fingerprint density at radius 2 is 1.80 bits per heavy atom. The van der Waals surface area contributed by atoms with E-state index in [1.807, 2.05) is 6.92 Å². The van der Waals surface area contributed by atoms with Gasteiger partial charge in [0, 0.05) is 35.5 Å². The Morgan fingerprint density at radius 1 is 1.15 bits per heavy atom. The number of carbonyl (C=O) groups is 2. The van der Waals surface area contributed by atoms with E-state index < -0.39 is 11.8 Å². The van der Waals surface area contributed by atoms with Crippen molar-refractivity contribution in [3.8, 4) is 0 Å². The molecular weight excluding hydrogens is 303 g/mol. The van der Waals surface area contributed by atoms with Gasteiger partial charge in [-0.2, -0.15) is 0 Å². The summed E-state index contributed by atoms with van der Waals surface area (Å²) in [6.45, 7) is 3.44. The highest BCUT2D eigenvalue weighted by Crippen LogP contribution is 2.22. The second kappa shape index (κ2) is 8.79. The first-order valence-corrected chi connectivity index (χ1v) is 6.91. The molecular formula is C13H16Cl2N2O3. The number of hydrogen-bond acceptors (Lipinski definition) is 3. The molecule has 0 saturated carbocycles. The Morgan fingerprint density at radius 3 is 2.40 bits per heavy atom. The van der Waals surface area contributed by atoms with Crippen LogP contribution in [0.2, 0.25) is 10.0 Å². The molecule has 1 aromatic rings. The zero-order valence-electron chi connectivity index (χ0n) is 11.0. The maximum Gasteiger partial charge on any atom is 0.313 e. The van der Waals surface area contributed by atoms with E-state index in [0.717, 1.165) is 0 Å². The monoisotopic (exact) mass is 318 g/mol. The van der Waals surface area contributed by atoms with Crippen molar-refractivity contribution in [3.05, 3.63) is 28.2 Å². The summed E-state index contributed by atoms with van der Waals surface area (Å²) in [4.78, 5) is 23.1. The predicted octanol–water partition coefficient (Wildman–Crippen LogP) is 2.47. The van der Waals surface area contributed by atoms with Gasteiger partial charge in [-0.15, -0.1) is 0 Å². The predicted molar refractivity (Wildman–Crippen MR) is 79.2 cm³/mol. The fourth-order valence-corrected chi connectivity index (χ4v) is 1.94. The molecule has 0 heterocycles. The molecule has 0 spiro atoms. The van der Waals surface area contributed by atoms with Crippen LogP contribution in [0, 0.1) is 0 Å². The van der Waals surface area contributed by atoms with Crippen LogP contribution >= 0.6 is 23.2 Å². The number of anilines is 1. The van der Waals surface area contributed by atoms with Gasteiger partial charge in [0.2, 0.25) is 0 Å². The lowest BCUT2D eigenvalue weighted by Gasteiger charge is -2.07. The molecule has 110 valence electrons. The normalized spacial score (nSPS) is 10.2. The molecule has 0 radical (unpaired) electrons. The van der Waals surface area contributed by atoms with Crippen molar-refractivity contribution in [1.29, 1.82) is 0 Å². The maximum absolute atomic E-state index is 11.6. The minimum atomic E-state index is -0.764. The van der Waals surface area contributed by atoms with Crippen molar-refractivity contribution in [2.24, 2.45) is 0 Å². The van der Waals surface area contributed by atoms with E-state index in [-0.39, 0.29) is 0 Å². The summed E-state index contributed by atoms with van der Waals surface area (Å²) in [6, 6.07) is 4.55. The van der Waals surface area contributed by atoms with Crippen LogP contribution in [0.15, 0.2) is 18.2 Å². The number of halogens is 2. The third kappa shape index (κ3) is 6.23. The quantitative estimate of drug-likeness (QED) is 0.625. The van der Waals surface area contributed by atoms with Gasteiger partial charge in [0.05, 0.1) is 0 Å². The van der Waals surface area contributed by atoms with Crippen molar-refractivity contribution in [2.45, 2.75) is 13.3 Å². The van der Waals surface area contributed by atoms with E-state index >= 15 is 0 Å². The standard InChI is InChI=1S/C13H16Cl2N2O3/c1-2-20-5-3-4-16-12(18)13(19)17-11-7-9(14)6-10(15)8-11/h6-8H,2-5H2,1H3,(H,16,18)(H,17,19). The van der Waals surface area contributed by atoms with Gasteiger partial charge in [-0.3, -0.25) is 9.59 Å². The molecule has 0 aliphatic carbocycles. The molecule has 1 rings (SSSR count). The summed E-state index contributed by atoms with van der Waals surface area (Å²) in [6.07, 6.45) is 0.649. The van der Waals surface area contributed by atoms with Crippen LogP contribution in [0.3, 0.4) is 0 Å². The van der Waals surface area contributed by atoms with Crippen molar-refractivity contribution >= 4 is 40.7 Å². The van der Waals surface area contributed by atoms with E-state index in [1.54, 1.807) is 0 Å². The molecule has 0 fully saturated rings. The Kier molecular flexibility index (Phi) is 7.36. The first kappa shape index (κ1) is 16.8. The van der Waals surface area contributed by atoms with Crippen LogP contribution in [0.5, 0.6) is 0 Å². The highest BCUT2D eigenvalue weighted by atomic mass is 35.5. The number of amides is 2. The average Bonchev–Trinajstić information content (AvgIpc) is 2.36. The summed E-state index contributed by atoms with van der Waals surface area (Å²) in [7, 11) is 0. The molecule has 2 N–H and O–H groups in total. The second-order valence-corrected chi connectivity index (χ2v) is 4.79. The van der Waals surface area contributed by atoms with Crippen LogP contribution in [-0.4, -0.2) is 31.6 Å². The molecule has 20 heavy (non-hydrogen) atoms. The first-order chi connectivity index (χ1) is 9.52. The van der Waals surface area contributed by atoms with Gasteiger partial charge in [0.25, 0.3) is 0 Å². The average molecular weight is 319 g/mol. The van der Waals surface area contributed by atoms with Crippen LogP contribution in [-0.2, 0) is 14.3 Å². The molecule has 5 nitrogen and oxygen atoms in total. The Hall–Kier alpha value is -1.30. The van der Waals surface area contributed by atoms with Crippen molar-refractivity contribution in [1.82, 2.24) is 5.32 Å². The lowest BCUT2D eigenvalue weighted by Crippen LogP contribution is -2.36. The fraction of sp³-hybridized carbons (Fsp3) is 0.385. The number of benzene rings is 1. The lowest BCUT2D eigenvalue weighted by atomic mass is 10.3. The van der Waals surface area contributed by atoms with E-state index in [4.69, 9.17) is 27.9 Å². The van der Waals surface area contributed by atoms with Crippen molar-refractivity contribution < 1.29 is 14.3 Å². The molecule has 0 saturated heterocycles. The molecule has 0 aliphatic heterocycles. The van der Waals surface area contributed by atoms with Gasteiger partial charge >= 0.3 is 11.8 Å². The molecule has 0 atom stereocenters. The van der Waals surface area contributed by atoms with Gasteiger partial charge in [-0.05, 0) is 31.5 Å². The summed E-state index contributed by atoms with van der Waals surface area (Å²) in [5, 5.41) is 5.68. The third-order valence-electron chi connectivity index (χ3n) is 2.28. The summed E-state index contributed by atoms with van der Waals surface area (Å²) >= 11 is 11.6. The SMILES string of the molecule is CCOCCCNC(=O)C(=O)Nc1cc(Cl)cc(Cl)c1. The molecule has 2 amide bonds. The Bertz CT molecular complexity index is 460. The molecule has 7 heteroatoms. The van der Waals surface area contributed by atoms with Gasteiger partial charge in [0.15, 0.2) is 0 Å². The number of ether oxygens (including phenoxy) is 1. The van der Waals surface area contributed by atoms with E-state index in [9.17, 15) is 9.59 Å². The van der Waals surface area contributed by atoms with Crippen LogP contribution < -0.4 is 10.6 Å². The largest absolute Gasteiger partial charge is 0.382 e. The Labute approximate surface area is 127 Å². The zero-order valence-corrected chi connectivity index (χ0v) is 12.6. The number of rotatable bonds is 6. The number of nitrogens with one attached hydrogen (secondary N) is 2. The highest BCUT2D eigenvalue weighted by molar-refractivity contribution is 6.40. The summed E-state index contributed by atoms with van der Waals surface area (Å²) in [5.41, 5.74) is 0.372. The van der Waals surface area contributed by atoms with Gasteiger partial charge in [-0.25, -0.2) is 0 Å². The molecule has 0 aliphatic rings. The van der Waals surface area contributed by atoms with E-state index in [0.29, 0.717) is 41.9 Å². The molecule has 1 aromatic carbocycles. The minimum Gasteiger partial charge on any atom is -0.382 e. The minimum absolute atomic E-state index is 0.372. The third-order valence-corrected chi connectivity index (χ3v) is 2.72. The number of hydrogen-bond donors (Lipinski definition) is 2. The summed E-state index contributed by atoms with van der Waals surface area (Å²) < 4.78 is 5.12. The maximum atomic E-state index is 11.6. The fourth-order valence-electron chi connectivity index (χ4n) is 1.41. The van der Waals surface area contributed by atoms with Crippen molar-refractivity contribution in [3.63, 3.8) is 0 Å².